The summed E-state index contributed by atoms with van der Waals surface area (Å²) >= 11 is 0. The average Bonchev–Trinajstić information content (AvgIpc) is 3.32. The third kappa shape index (κ3) is 4.43. The van der Waals surface area contributed by atoms with Crippen LogP contribution in [-0.2, 0) is 21.1 Å². The van der Waals surface area contributed by atoms with Gasteiger partial charge in [0.1, 0.15) is 11.4 Å². The normalized spacial score (nSPS) is 11.0. The molecule has 7 rings (SSSR count). The summed E-state index contributed by atoms with van der Waals surface area (Å²) < 4.78 is 2.17. The van der Waals surface area contributed by atoms with E-state index in [2.05, 4.69) is 65.2 Å². The minimum Gasteiger partial charge on any atom is -0.507 e. The maximum absolute atomic E-state index is 10.4. The predicted octanol–water partition coefficient (Wildman–Crippen LogP) is 8.08. The van der Waals surface area contributed by atoms with Gasteiger partial charge in [-0.15, -0.1) is 23.8 Å². The van der Waals surface area contributed by atoms with Crippen molar-refractivity contribution in [3.8, 4) is 45.1 Å². The fraction of sp³-hybridized carbons (Fsp3) is 0. The van der Waals surface area contributed by atoms with Gasteiger partial charge in [-0.2, -0.15) is 0 Å². The van der Waals surface area contributed by atoms with Crippen LogP contribution in [0.5, 0.6) is 5.75 Å². The molecule has 4 aromatic carbocycles. The summed E-state index contributed by atoms with van der Waals surface area (Å²) in [4.78, 5) is 9.70. The molecule has 0 radical (unpaired) electrons. The van der Waals surface area contributed by atoms with E-state index < -0.39 is 0 Å². The van der Waals surface area contributed by atoms with Crippen molar-refractivity contribution in [3.63, 3.8) is 0 Å². The summed E-state index contributed by atoms with van der Waals surface area (Å²) in [6.45, 7) is 0. The SMILES string of the molecule is Oc1ccccc1-c1cccc(-c2[c-]c(-n3c4ccccc4c4cccnc43)cc(-c3ccccc3)c2)n1.[Pt]. The van der Waals surface area contributed by atoms with Crippen LogP contribution in [0.3, 0.4) is 0 Å². The molecule has 0 atom stereocenters. The quantitative estimate of drug-likeness (QED) is 0.191. The van der Waals surface area contributed by atoms with E-state index in [9.17, 15) is 5.11 Å². The van der Waals surface area contributed by atoms with Crippen molar-refractivity contribution < 1.29 is 26.2 Å². The molecule has 1 N–H and O–H groups in total. The van der Waals surface area contributed by atoms with Crippen LogP contribution in [-0.4, -0.2) is 19.6 Å². The summed E-state index contributed by atoms with van der Waals surface area (Å²) in [5.41, 5.74) is 8.06. The number of fused-ring (bicyclic) bond motifs is 3. The number of nitrogens with zero attached hydrogens (tertiary/aromatic N) is 3. The minimum atomic E-state index is 0. The molecule has 0 bridgehead atoms. The van der Waals surface area contributed by atoms with E-state index >= 15 is 0 Å². The number of benzene rings is 4. The molecule has 0 aliphatic rings. The van der Waals surface area contributed by atoms with Crippen LogP contribution < -0.4 is 0 Å². The molecule has 3 heterocycles. The molecule has 0 fully saturated rings. The van der Waals surface area contributed by atoms with Crippen molar-refractivity contribution in [3.05, 3.63) is 134 Å². The van der Waals surface area contributed by atoms with Gasteiger partial charge in [0.2, 0.25) is 0 Å². The Morgan fingerprint density at radius 1 is 0.641 bits per heavy atom. The van der Waals surface area contributed by atoms with Crippen molar-refractivity contribution >= 4 is 21.9 Å². The van der Waals surface area contributed by atoms with Gasteiger partial charge in [-0.1, -0.05) is 78.4 Å². The number of phenolic OH excluding ortho intramolecular Hbond substituents is 1. The summed E-state index contributed by atoms with van der Waals surface area (Å²) in [7, 11) is 0. The van der Waals surface area contributed by atoms with Gasteiger partial charge in [-0.25, -0.2) is 4.98 Å². The van der Waals surface area contributed by atoms with Crippen LogP contribution in [0.4, 0.5) is 0 Å². The number of pyridine rings is 2. The van der Waals surface area contributed by atoms with Crippen LogP contribution in [0.2, 0.25) is 0 Å². The molecule has 0 saturated carbocycles. The van der Waals surface area contributed by atoms with Crippen LogP contribution in [0, 0.1) is 6.07 Å². The largest absolute Gasteiger partial charge is 0.507 e. The molecule has 4 nitrogen and oxygen atoms in total. The Balaban J connectivity index is 0.00000277. The van der Waals surface area contributed by atoms with Gasteiger partial charge in [-0.3, -0.25) is 4.98 Å². The Labute approximate surface area is 240 Å². The van der Waals surface area contributed by atoms with Crippen molar-refractivity contribution in [2.45, 2.75) is 0 Å². The molecule has 0 unspecified atom stereocenters. The second kappa shape index (κ2) is 10.3. The van der Waals surface area contributed by atoms with Gasteiger partial charge in [0.25, 0.3) is 0 Å². The molecule has 0 aliphatic carbocycles. The Hall–Kier alpha value is -4.53. The molecule has 190 valence electrons. The molecule has 0 amide bonds. The Morgan fingerprint density at radius 3 is 2.26 bits per heavy atom. The number of para-hydroxylation sites is 2. The first-order chi connectivity index (χ1) is 18.8. The van der Waals surface area contributed by atoms with Gasteiger partial charge >= 0.3 is 0 Å². The molecule has 0 aliphatic heterocycles. The number of hydrogen-bond acceptors (Lipinski definition) is 3. The predicted molar refractivity (Wildman–Crippen MR) is 153 cm³/mol. The third-order valence-electron chi connectivity index (χ3n) is 6.84. The van der Waals surface area contributed by atoms with Gasteiger partial charge in [-0.05, 0) is 53.3 Å². The molecule has 5 heteroatoms. The number of phenols is 1. The van der Waals surface area contributed by atoms with E-state index in [-0.39, 0.29) is 26.8 Å². The molecule has 3 aromatic heterocycles. The van der Waals surface area contributed by atoms with Crippen LogP contribution in [0.15, 0.2) is 128 Å². The first-order valence-electron chi connectivity index (χ1n) is 12.5. The van der Waals surface area contributed by atoms with E-state index in [0.717, 1.165) is 50.0 Å². The van der Waals surface area contributed by atoms with Gasteiger partial charge in [0, 0.05) is 43.6 Å². The molecule has 0 saturated heterocycles. The van der Waals surface area contributed by atoms with Crippen LogP contribution in [0.1, 0.15) is 0 Å². The first-order valence-corrected chi connectivity index (χ1v) is 12.5. The zero-order valence-electron chi connectivity index (χ0n) is 20.7. The topological polar surface area (TPSA) is 50.9 Å². The second-order valence-corrected chi connectivity index (χ2v) is 9.19. The zero-order chi connectivity index (χ0) is 25.5. The zero-order valence-corrected chi connectivity index (χ0v) is 23.0. The summed E-state index contributed by atoms with van der Waals surface area (Å²) in [5, 5.41) is 12.7. The molecule has 39 heavy (non-hydrogen) atoms. The summed E-state index contributed by atoms with van der Waals surface area (Å²) in [6.07, 6.45) is 1.83. The van der Waals surface area contributed by atoms with Crippen molar-refractivity contribution in [1.82, 2.24) is 14.5 Å². The van der Waals surface area contributed by atoms with Crippen molar-refractivity contribution in [2.75, 3.05) is 0 Å². The Bertz CT molecular complexity index is 1890. The maximum atomic E-state index is 10.4. The van der Waals surface area contributed by atoms with Crippen molar-refractivity contribution in [1.29, 1.82) is 0 Å². The Kier molecular flexibility index (Phi) is 6.56. The van der Waals surface area contributed by atoms with Crippen LogP contribution in [0.25, 0.3) is 61.3 Å². The fourth-order valence-electron chi connectivity index (χ4n) is 5.07. The van der Waals surface area contributed by atoms with E-state index in [1.165, 1.54) is 0 Å². The molecular weight excluding hydrogens is 661 g/mol. The monoisotopic (exact) mass is 683 g/mol. The van der Waals surface area contributed by atoms with E-state index in [4.69, 9.17) is 9.97 Å². The number of aromatic hydroxyl groups is 1. The smallest absolute Gasteiger partial charge is 0.144 e. The standard InChI is InChI=1S/C34H22N3O.Pt/c38-33-18-7-5-13-29(33)31-16-8-15-30(36-31)25-20-24(23-10-2-1-3-11-23)21-26(22-25)37-32-17-6-4-12-27(32)28-14-9-19-35-34(28)37;/h1-21,38H;/q-1;. The van der Waals surface area contributed by atoms with Gasteiger partial charge < -0.3 is 9.67 Å². The van der Waals surface area contributed by atoms with Crippen molar-refractivity contribution in [2.24, 2.45) is 0 Å². The summed E-state index contributed by atoms with van der Waals surface area (Å²) in [5.74, 6) is 0.205. The minimum absolute atomic E-state index is 0. The van der Waals surface area contributed by atoms with Gasteiger partial charge in [0.15, 0.2) is 0 Å². The maximum Gasteiger partial charge on any atom is 0.144 e. The van der Waals surface area contributed by atoms with Crippen LogP contribution >= 0.6 is 0 Å². The third-order valence-corrected chi connectivity index (χ3v) is 6.84. The fourth-order valence-corrected chi connectivity index (χ4v) is 5.07. The second-order valence-electron chi connectivity index (χ2n) is 9.19. The molecule has 7 aromatic rings. The summed E-state index contributed by atoms with van der Waals surface area (Å²) in [6, 6.07) is 43.9. The molecular formula is C34H22N3OPt-. The average molecular weight is 684 g/mol. The van der Waals surface area contributed by atoms with E-state index in [1.807, 2.05) is 66.9 Å². The Morgan fingerprint density at radius 2 is 1.38 bits per heavy atom. The first kappa shape index (κ1) is 24.8. The molecule has 0 spiro atoms. The van der Waals surface area contributed by atoms with E-state index in [0.29, 0.717) is 11.3 Å². The number of aromatic nitrogens is 3. The van der Waals surface area contributed by atoms with E-state index in [1.54, 1.807) is 6.07 Å². The number of hydrogen-bond donors (Lipinski definition) is 1. The number of rotatable bonds is 4. The van der Waals surface area contributed by atoms with Gasteiger partial charge in [0.05, 0.1) is 11.2 Å².